The topological polar surface area (TPSA) is 59.8 Å². The van der Waals surface area contributed by atoms with Crippen LogP contribution in [-0.4, -0.2) is 26.2 Å². The lowest BCUT2D eigenvalue weighted by Gasteiger charge is -2.27. The number of amides is 1. The van der Waals surface area contributed by atoms with Gasteiger partial charge in [0, 0.05) is 30.0 Å². The molecule has 180 valence electrons. The predicted molar refractivity (Wildman–Crippen MR) is 139 cm³/mol. The molecule has 0 unspecified atom stereocenters. The monoisotopic (exact) mass is 528 g/mol. The summed E-state index contributed by atoms with van der Waals surface area (Å²) in [5, 5.41) is 4.48. The van der Waals surface area contributed by atoms with Crippen molar-refractivity contribution in [3.05, 3.63) is 106 Å². The van der Waals surface area contributed by atoms with Gasteiger partial charge >= 0.3 is 0 Å². The molecule has 2 heterocycles. The number of carbonyl (C=O) groups is 1. The predicted octanol–water partition coefficient (Wildman–Crippen LogP) is 6.45. The molecule has 4 aromatic rings. The molecule has 4 rings (SSSR count). The summed E-state index contributed by atoms with van der Waals surface area (Å²) in [5.74, 6) is -0.273. The minimum Gasteiger partial charge on any atom is -0.351 e. The highest BCUT2D eigenvalue weighted by atomic mass is 35.5. The Morgan fingerprint density at radius 3 is 2.46 bits per heavy atom. The fourth-order valence-corrected chi connectivity index (χ4v) is 4.75. The van der Waals surface area contributed by atoms with Crippen LogP contribution in [0.5, 0.6) is 0 Å². The number of benzene rings is 2. The maximum Gasteiger partial charge on any atom is 0.230 e. The van der Waals surface area contributed by atoms with Gasteiger partial charge in [-0.15, -0.1) is 0 Å². The highest BCUT2D eigenvalue weighted by molar-refractivity contribution is 7.99. The number of halogens is 3. The maximum absolute atomic E-state index is 13.7. The van der Waals surface area contributed by atoms with Crippen molar-refractivity contribution < 1.29 is 9.18 Å². The molecule has 2 aromatic carbocycles. The third-order valence-electron chi connectivity index (χ3n) is 5.67. The van der Waals surface area contributed by atoms with Crippen molar-refractivity contribution >= 4 is 40.9 Å². The molecule has 0 atom stereocenters. The van der Waals surface area contributed by atoms with Gasteiger partial charge in [0.25, 0.3) is 0 Å². The maximum atomic E-state index is 13.7. The standard InChI is InChI=1S/C26H23Cl2FN4OS/c1-26(2,18-3-8-21(27)22(28)13-18)23-15-32-25(33(23)20-6-4-19(29)5-7-20)35-16-24(34)31-14-17-9-11-30-12-10-17/h3-13,15H,14,16H2,1-2H3,(H,31,34). The van der Waals surface area contributed by atoms with E-state index in [1.54, 1.807) is 36.8 Å². The average molecular weight is 529 g/mol. The number of hydrogen-bond donors (Lipinski definition) is 1. The Bertz CT molecular complexity index is 1330. The highest BCUT2D eigenvalue weighted by Crippen LogP contribution is 2.38. The van der Waals surface area contributed by atoms with Gasteiger partial charge < -0.3 is 5.32 Å². The number of nitrogens with one attached hydrogen (secondary N) is 1. The first kappa shape index (κ1) is 25.2. The lowest BCUT2D eigenvalue weighted by atomic mass is 9.81. The highest BCUT2D eigenvalue weighted by Gasteiger charge is 2.30. The SMILES string of the molecule is CC(C)(c1ccc(Cl)c(Cl)c1)c1cnc(SCC(=O)NCc2ccncc2)n1-c1ccc(F)cc1. The zero-order valence-corrected chi connectivity index (χ0v) is 21.5. The summed E-state index contributed by atoms with van der Waals surface area (Å²) < 4.78 is 15.6. The van der Waals surface area contributed by atoms with Crippen molar-refractivity contribution in [3.8, 4) is 5.69 Å². The molecule has 0 saturated heterocycles. The molecule has 0 fully saturated rings. The van der Waals surface area contributed by atoms with Gasteiger partial charge in [-0.1, -0.05) is 54.9 Å². The summed E-state index contributed by atoms with van der Waals surface area (Å²) in [6.45, 7) is 4.53. The minimum atomic E-state index is -0.516. The third-order valence-corrected chi connectivity index (χ3v) is 7.36. The Morgan fingerprint density at radius 2 is 1.77 bits per heavy atom. The van der Waals surface area contributed by atoms with Crippen LogP contribution < -0.4 is 5.32 Å². The summed E-state index contributed by atoms with van der Waals surface area (Å²) in [6.07, 6.45) is 5.16. The number of thioether (sulfide) groups is 1. The number of hydrogen-bond acceptors (Lipinski definition) is 4. The van der Waals surface area contributed by atoms with Gasteiger partial charge in [0.1, 0.15) is 5.82 Å². The zero-order valence-electron chi connectivity index (χ0n) is 19.1. The Morgan fingerprint density at radius 1 is 1.06 bits per heavy atom. The molecule has 0 aliphatic rings. The first-order valence-electron chi connectivity index (χ1n) is 10.8. The number of rotatable bonds is 8. The Labute approximate surface area is 217 Å². The van der Waals surface area contributed by atoms with Crippen molar-refractivity contribution in [2.75, 3.05) is 5.75 Å². The van der Waals surface area contributed by atoms with E-state index in [0.717, 1.165) is 22.5 Å². The average Bonchev–Trinajstić information content (AvgIpc) is 3.29. The Kier molecular flexibility index (Phi) is 7.79. The van der Waals surface area contributed by atoms with E-state index in [-0.39, 0.29) is 17.5 Å². The molecular weight excluding hydrogens is 506 g/mol. The van der Waals surface area contributed by atoms with Crippen LogP contribution in [0.2, 0.25) is 10.0 Å². The van der Waals surface area contributed by atoms with Crippen molar-refractivity contribution in [2.24, 2.45) is 0 Å². The molecule has 0 spiro atoms. The normalized spacial score (nSPS) is 11.5. The van der Waals surface area contributed by atoms with Gasteiger partial charge in [0.15, 0.2) is 5.16 Å². The van der Waals surface area contributed by atoms with Crippen molar-refractivity contribution in [1.82, 2.24) is 19.9 Å². The van der Waals surface area contributed by atoms with Crippen LogP contribution >= 0.6 is 35.0 Å². The fraction of sp³-hybridized carbons (Fsp3) is 0.192. The third kappa shape index (κ3) is 5.86. The van der Waals surface area contributed by atoms with E-state index in [1.165, 1.54) is 23.9 Å². The number of carbonyl (C=O) groups excluding carboxylic acids is 1. The molecule has 0 radical (unpaired) electrons. The molecule has 35 heavy (non-hydrogen) atoms. The second-order valence-electron chi connectivity index (χ2n) is 8.41. The summed E-state index contributed by atoms with van der Waals surface area (Å²) >= 11 is 13.7. The van der Waals surface area contributed by atoms with Crippen LogP contribution in [0.15, 0.2) is 78.3 Å². The quantitative estimate of drug-likeness (QED) is 0.267. The van der Waals surface area contributed by atoms with Gasteiger partial charge in [-0.2, -0.15) is 0 Å². The van der Waals surface area contributed by atoms with E-state index >= 15 is 0 Å². The molecule has 1 amide bonds. The van der Waals surface area contributed by atoms with E-state index in [4.69, 9.17) is 23.2 Å². The zero-order chi connectivity index (χ0) is 25.0. The number of imidazole rings is 1. The van der Waals surface area contributed by atoms with E-state index in [0.29, 0.717) is 21.7 Å². The Balaban J connectivity index is 1.62. The first-order valence-corrected chi connectivity index (χ1v) is 12.6. The van der Waals surface area contributed by atoms with Crippen molar-refractivity contribution in [1.29, 1.82) is 0 Å². The summed E-state index contributed by atoms with van der Waals surface area (Å²) in [5.41, 5.74) is 3.01. The van der Waals surface area contributed by atoms with Gasteiger partial charge in [0.2, 0.25) is 5.91 Å². The molecule has 0 saturated carbocycles. The minimum absolute atomic E-state index is 0.120. The van der Waals surface area contributed by atoms with Crippen LogP contribution in [0.4, 0.5) is 4.39 Å². The number of pyridine rings is 1. The van der Waals surface area contributed by atoms with Gasteiger partial charge in [0.05, 0.1) is 27.7 Å². The molecule has 0 bridgehead atoms. The van der Waals surface area contributed by atoms with E-state index in [2.05, 4.69) is 29.1 Å². The number of aromatic nitrogens is 3. The van der Waals surface area contributed by atoms with E-state index in [1.807, 2.05) is 28.8 Å². The molecule has 2 aromatic heterocycles. The van der Waals surface area contributed by atoms with E-state index < -0.39 is 5.41 Å². The van der Waals surface area contributed by atoms with Crippen LogP contribution in [0.1, 0.15) is 30.7 Å². The summed E-state index contributed by atoms with van der Waals surface area (Å²) in [4.78, 5) is 21.1. The summed E-state index contributed by atoms with van der Waals surface area (Å²) in [6, 6.07) is 15.4. The second-order valence-corrected chi connectivity index (χ2v) is 10.2. The summed E-state index contributed by atoms with van der Waals surface area (Å²) in [7, 11) is 0. The molecule has 0 aliphatic heterocycles. The van der Waals surface area contributed by atoms with Gasteiger partial charge in [-0.3, -0.25) is 14.3 Å². The Hall–Kier alpha value is -2.87. The van der Waals surface area contributed by atoms with Crippen molar-refractivity contribution in [3.63, 3.8) is 0 Å². The van der Waals surface area contributed by atoms with Crippen LogP contribution in [-0.2, 0) is 16.8 Å². The van der Waals surface area contributed by atoms with Crippen LogP contribution in [0.3, 0.4) is 0 Å². The van der Waals surface area contributed by atoms with Crippen molar-refractivity contribution in [2.45, 2.75) is 31.0 Å². The molecule has 1 N–H and O–H groups in total. The molecule has 9 heteroatoms. The van der Waals surface area contributed by atoms with Gasteiger partial charge in [-0.05, 0) is 59.7 Å². The fourth-order valence-electron chi connectivity index (χ4n) is 3.63. The number of nitrogens with zero attached hydrogens (tertiary/aromatic N) is 3. The molecular formula is C26H23Cl2FN4OS. The lowest BCUT2D eigenvalue weighted by molar-refractivity contribution is -0.118. The largest absolute Gasteiger partial charge is 0.351 e. The van der Waals surface area contributed by atoms with E-state index in [9.17, 15) is 9.18 Å². The van der Waals surface area contributed by atoms with Crippen LogP contribution in [0, 0.1) is 5.82 Å². The first-order chi connectivity index (χ1) is 16.8. The smallest absolute Gasteiger partial charge is 0.230 e. The lowest BCUT2D eigenvalue weighted by Crippen LogP contribution is -2.25. The second kappa shape index (κ2) is 10.8. The molecule has 0 aliphatic carbocycles. The van der Waals surface area contributed by atoms with Crippen LogP contribution in [0.25, 0.3) is 5.69 Å². The molecule has 5 nitrogen and oxygen atoms in total. The van der Waals surface area contributed by atoms with Gasteiger partial charge in [-0.25, -0.2) is 9.37 Å².